The van der Waals surface area contributed by atoms with Gasteiger partial charge in [0.25, 0.3) is 0 Å². The quantitative estimate of drug-likeness (QED) is 0.468. The van der Waals surface area contributed by atoms with Gasteiger partial charge in [0.15, 0.2) is 0 Å². The van der Waals surface area contributed by atoms with Gasteiger partial charge in [-0.15, -0.1) is 11.8 Å². The molecule has 1 aromatic heterocycles. The van der Waals surface area contributed by atoms with Crippen LogP contribution in [0.2, 0.25) is 0 Å². The average molecular weight is 435 g/mol. The van der Waals surface area contributed by atoms with E-state index >= 15 is 0 Å². The Morgan fingerprint density at radius 1 is 1.20 bits per heavy atom. The first-order chi connectivity index (χ1) is 14.0. The van der Waals surface area contributed by atoms with Crippen molar-refractivity contribution >= 4 is 28.6 Å². The number of ether oxygens (including phenoxy) is 1. The first-order valence-electron chi connectivity index (χ1n) is 9.12. The van der Waals surface area contributed by atoms with Gasteiger partial charge < -0.3 is 9.84 Å². The lowest BCUT2D eigenvalue weighted by molar-refractivity contribution is -0.137. The predicted molar refractivity (Wildman–Crippen MR) is 111 cm³/mol. The van der Waals surface area contributed by atoms with Gasteiger partial charge in [-0.3, -0.25) is 0 Å². The minimum absolute atomic E-state index is 0.0145. The van der Waals surface area contributed by atoms with E-state index in [2.05, 4.69) is 4.98 Å². The Balaban J connectivity index is 2.33. The lowest BCUT2D eigenvalue weighted by atomic mass is 9.96. The van der Waals surface area contributed by atoms with Gasteiger partial charge in [0.2, 0.25) is 0 Å². The number of nitrogens with zero attached hydrogens (tertiary/aromatic N) is 1. The van der Waals surface area contributed by atoms with Crippen molar-refractivity contribution < 1.29 is 27.8 Å². The Bertz CT molecular complexity index is 1130. The fourth-order valence-electron chi connectivity index (χ4n) is 3.27. The molecule has 0 amide bonds. The van der Waals surface area contributed by atoms with Gasteiger partial charge in [0.1, 0.15) is 5.75 Å². The molecule has 0 aliphatic carbocycles. The highest BCUT2D eigenvalue weighted by molar-refractivity contribution is 8.00. The molecule has 3 aromatic rings. The summed E-state index contributed by atoms with van der Waals surface area (Å²) in [6.07, 6.45) is -4.51. The first-order valence-corrected chi connectivity index (χ1v) is 10.0. The zero-order valence-corrected chi connectivity index (χ0v) is 17.6. The minimum Gasteiger partial charge on any atom is -0.496 e. The summed E-state index contributed by atoms with van der Waals surface area (Å²) in [6.45, 7) is 5.57. The number of hydrogen-bond donors (Lipinski definition) is 1. The molecule has 0 fully saturated rings. The Morgan fingerprint density at radius 2 is 1.90 bits per heavy atom. The average Bonchev–Trinajstić information content (AvgIpc) is 2.65. The van der Waals surface area contributed by atoms with Crippen LogP contribution in [0.25, 0.3) is 22.2 Å². The Hall–Kier alpha value is -2.74. The Labute approximate surface area is 176 Å². The number of rotatable bonds is 5. The summed E-state index contributed by atoms with van der Waals surface area (Å²) >= 11 is 1.53. The molecule has 158 valence electrons. The van der Waals surface area contributed by atoms with E-state index in [1.807, 2.05) is 13.8 Å². The maximum atomic E-state index is 13.2. The standard InChI is InChI=1S/C22H20F3NO3S/c1-11(2)30-18-9-15-16(10-17(18)29-4)26-20(12(3)19(15)21(27)28)13-6-5-7-14(8-13)22(23,24)25/h5-11H,1-4H3,(H,27,28). The lowest BCUT2D eigenvalue weighted by Crippen LogP contribution is -2.07. The number of carboxylic acids is 1. The van der Waals surface area contributed by atoms with E-state index in [-0.39, 0.29) is 22.1 Å². The van der Waals surface area contributed by atoms with E-state index in [1.165, 1.54) is 31.0 Å². The van der Waals surface area contributed by atoms with Gasteiger partial charge in [0.05, 0.1) is 34.3 Å². The normalized spacial score (nSPS) is 11.9. The third-order valence-electron chi connectivity index (χ3n) is 4.55. The van der Waals surface area contributed by atoms with Gasteiger partial charge in [-0.05, 0) is 30.7 Å². The summed E-state index contributed by atoms with van der Waals surface area (Å²) in [5.41, 5.74) is 0.235. The van der Waals surface area contributed by atoms with E-state index in [9.17, 15) is 23.1 Å². The molecule has 0 radical (unpaired) electrons. The number of aromatic carboxylic acids is 1. The number of carboxylic acid groups (broad SMARTS) is 1. The fourth-order valence-corrected chi connectivity index (χ4v) is 4.22. The van der Waals surface area contributed by atoms with Crippen molar-refractivity contribution in [2.24, 2.45) is 0 Å². The third-order valence-corrected chi connectivity index (χ3v) is 5.60. The zero-order valence-electron chi connectivity index (χ0n) is 16.8. The third kappa shape index (κ3) is 4.23. The van der Waals surface area contributed by atoms with E-state index in [4.69, 9.17) is 4.74 Å². The van der Waals surface area contributed by atoms with Gasteiger partial charge in [0, 0.05) is 22.3 Å². The number of benzene rings is 2. The molecule has 1 heterocycles. The fraction of sp³-hybridized carbons (Fsp3) is 0.273. The molecule has 0 unspecified atom stereocenters. The SMILES string of the molecule is COc1cc2nc(-c3cccc(C(F)(F)F)c3)c(C)c(C(=O)O)c2cc1SC(C)C. The monoisotopic (exact) mass is 435 g/mol. The first kappa shape index (κ1) is 22.0. The summed E-state index contributed by atoms with van der Waals surface area (Å²) in [7, 11) is 1.51. The number of pyridine rings is 1. The number of alkyl halides is 3. The summed E-state index contributed by atoms with van der Waals surface area (Å²) in [4.78, 5) is 17.4. The van der Waals surface area contributed by atoms with E-state index in [1.54, 1.807) is 19.1 Å². The number of carbonyl (C=O) groups is 1. The maximum Gasteiger partial charge on any atom is 0.416 e. The van der Waals surface area contributed by atoms with Gasteiger partial charge >= 0.3 is 12.1 Å². The number of methoxy groups -OCH3 is 1. The van der Waals surface area contributed by atoms with E-state index < -0.39 is 17.7 Å². The molecule has 0 spiro atoms. The second kappa shape index (κ2) is 8.18. The topological polar surface area (TPSA) is 59.4 Å². The van der Waals surface area contributed by atoms with E-state index in [0.717, 1.165) is 17.0 Å². The highest BCUT2D eigenvalue weighted by Gasteiger charge is 2.31. The van der Waals surface area contributed by atoms with E-state index in [0.29, 0.717) is 22.2 Å². The van der Waals surface area contributed by atoms with Crippen molar-refractivity contribution in [1.29, 1.82) is 0 Å². The van der Waals surface area contributed by atoms with Crippen molar-refractivity contribution in [3.8, 4) is 17.0 Å². The van der Waals surface area contributed by atoms with Crippen LogP contribution in [-0.4, -0.2) is 28.4 Å². The zero-order chi connectivity index (χ0) is 22.2. The molecule has 0 saturated carbocycles. The largest absolute Gasteiger partial charge is 0.496 e. The molecule has 0 saturated heterocycles. The van der Waals surface area contributed by atoms with Crippen molar-refractivity contribution in [2.75, 3.05) is 7.11 Å². The highest BCUT2D eigenvalue weighted by atomic mass is 32.2. The number of aromatic nitrogens is 1. The second-order valence-corrected chi connectivity index (χ2v) is 8.65. The number of hydrogen-bond acceptors (Lipinski definition) is 4. The Morgan fingerprint density at radius 3 is 2.47 bits per heavy atom. The van der Waals surface area contributed by atoms with Gasteiger partial charge in [-0.1, -0.05) is 26.0 Å². The number of fused-ring (bicyclic) bond motifs is 1. The molecular formula is C22H20F3NO3S. The lowest BCUT2D eigenvalue weighted by Gasteiger charge is -2.16. The number of thioether (sulfide) groups is 1. The maximum absolute atomic E-state index is 13.2. The van der Waals surface area contributed by atoms with Gasteiger partial charge in [-0.25, -0.2) is 9.78 Å². The molecule has 30 heavy (non-hydrogen) atoms. The van der Waals surface area contributed by atoms with Crippen LogP contribution >= 0.6 is 11.8 Å². The smallest absolute Gasteiger partial charge is 0.416 e. The number of halogens is 3. The predicted octanol–water partition coefficient (Wildman–Crippen LogP) is 6.44. The second-order valence-electron chi connectivity index (χ2n) is 7.03. The van der Waals surface area contributed by atoms with Gasteiger partial charge in [-0.2, -0.15) is 13.2 Å². The molecule has 8 heteroatoms. The molecule has 3 rings (SSSR count). The van der Waals surface area contributed by atoms with Crippen LogP contribution in [0.5, 0.6) is 5.75 Å². The van der Waals surface area contributed by atoms with Crippen LogP contribution in [0.15, 0.2) is 41.3 Å². The van der Waals surface area contributed by atoms with Crippen molar-refractivity contribution in [3.63, 3.8) is 0 Å². The molecular weight excluding hydrogens is 415 g/mol. The molecule has 0 bridgehead atoms. The summed E-state index contributed by atoms with van der Waals surface area (Å²) in [5, 5.41) is 10.5. The minimum atomic E-state index is -4.51. The molecule has 2 aromatic carbocycles. The Kier molecular flexibility index (Phi) is 5.99. The van der Waals surface area contributed by atoms with Crippen LogP contribution in [0, 0.1) is 6.92 Å². The molecule has 4 nitrogen and oxygen atoms in total. The van der Waals surface area contributed by atoms with Crippen molar-refractivity contribution in [1.82, 2.24) is 4.98 Å². The van der Waals surface area contributed by atoms with Crippen LogP contribution in [-0.2, 0) is 6.18 Å². The van der Waals surface area contributed by atoms with Crippen LogP contribution in [0.4, 0.5) is 13.2 Å². The highest BCUT2D eigenvalue weighted by Crippen LogP contribution is 2.39. The van der Waals surface area contributed by atoms with Crippen LogP contribution in [0.1, 0.15) is 35.3 Å². The van der Waals surface area contributed by atoms with Crippen LogP contribution in [0.3, 0.4) is 0 Å². The van der Waals surface area contributed by atoms with Crippen molar-refractivity contribution in [2.45, 2.75) is 37.1 Å². The molecule has 0 aliphatic heterocycles. The summed E-state index contributed by atoms with van der Waals surface area (Å²) in [5.74, 6) is -0.636. The molecule has 0 atom stereocenters. The van der Waals surface area contributed by atoms with Crippen LogP contribution < -0.4 is 4.74 Å². The summed E-state index contributed by atoms with van der Waals surface area (Å²) < 4.78 is 44.9. The summed E-state index contributed by atoms with van der Waals surface area (Å²) in [6, 6.07) is 8.07. The van der Waals surface area contributed by atoms with Crippen molar-refractivity contribution in [3.05, 3.63) is 53.1 Å². The molecule has 1 N–H and O–H groups in total. The molecule has 0 aliphatic rings.